The maximum atomic E-state index is 11.1. The summed E-state index contributed by atoms with van der Waals surface area (Å²) in [5.74, 6) is -0.817. The molecule has 11 nitrogen and oxygen atoms in total. The van der Waals surface area contributed by atoms with Crippen molar-refractivity contribution in [3.8, 4) is 0 Å². The van der Waals surface area contributed by atoms with Gasteiger partial charge in [0, 0.05) is 6.42 Å². The molecule has 12 heteroatoms. The predicted molar refractivity (Wildman–Crippen MR) is 67.7 cm³/mol. The van der Waals surface area contributed by atoms with Gasteiger partial charge in [0.1, 0.15) is 18.1 Å². The highest BCUT2D eigenvalue weighted by molar-refractivity contribution is 7.46. The second-order valence-corrected chi connectivity index (χ2v) is 5.71. The van der Waals surface area contributed by atoms with E-state index in [9.17, 15) is 14.5 Å². The Bertz CT molecular complexity index is 585. The van der Waals surface area contributed by atoms with Crippen LogP contribution < -0.4 is 11.5 Å². The number of hydrogen-bond acceptors (Lipinski definition) is 7. The molecule has 1 aromatic heterocycles. The lowest BCUT2D eigenvalue weighted by molar-refractivity contribution is -0.0429. The number of aromatic nitrogens is 2. The molecule has 0 radical (unpaired) electrons. The molecule has 21 heavy (non-hydrogen) atoms. The fraction of sp³-hybridized carbons (Fsp3) is 0.556. The third-order valence-electron chi connectivity index (χ3n) is 2.99. The van der Waals surface area contributed by atoms with Crippen LogP contribution in [0.2, 0.25) is 0 Å². The topological polar surface area (TPSA) is 183 Å². The van der Waals surface area contributed by atoms with E-state index in [1.807, 2.05) is 0 Å². The molecule has 0 aromatic carbocycles. The summed E-state index contributed by atoms with van der Waals surface area (Å²) in [5.41, 5.74) is 10.7. The van der Waals surface area contributed by atoms with Gasteiger partial charge >= 0.3 is 7.82 Å². The van der Waals surface area contributed by atoms with Crippen LogP contribution in [0.3, 0.4) is 0 Å². The van der Waals surface area contributed by atoms with E-state index in [1.165, 1.54) is 10.9 Å². The number of hydrogen-bond donors (Lipinski definition) is 5. The number of carbonyl (C=O) groups is 1. The molecule has 0 spiro atoms. The Morgan fingerprint density at radius 2 is 2.29 bits per heavy atom. The van der Waals surface area contributed by atoms with Crippen LogP contribution in [0.4, 0.5) is 5.82 Å². The van der Waals surface area contributed by atoms with Crippen molar-refractivity contribution in [2.45, 2.75) is 24.9 Å². The van der Waals surface area contributed by atoms with Crippen molar-refractivity contribution in [2.75, 3.05) is 12.3 Å². The first kappa shape index (κ1) is 15.9. The van der Waals surface area contributed by atoms with Crippen LogP contribution in [0.15, 0.2) is 6.33 Å². The zero-order chi connectivity index (χ0) is 15.8. The highest BCUT2D eigenvalue weighted by Gasteiger charge is 2.37. The smallest absolute Gasteiger partial charge is 0.390 e. The van der Waals surface area contributed by atoms with Crippen molar-refractivity contribution in [1.29, 1.82) is 0 Å². The fourth-order valence-electron chi connectivity index (χ4n) is 2.00. The number of primary amides is 1. The first-order valence-corrected chi connectivity index (χ1v) is 7.38. The van der Waals surface area contributed by atoms with Crippen molar-refractivity contribution in [1.82, 2.24) is 9.55 Å². The Labute approximate surface area is 118 Å². The summed E-state index contributed by atoms with van der Waals surface area (Å²) < 4.78 is 21.6. The Balaban J connectivity index is 2.07. The van der Waals surface area contributed by atoms with E-state index in [2.05, 4.69) is 9.51 Å². The molecular weight excluding hydrogens is 307 g/mol. The molecule has 2 heterocycles. The number of aliphatic hydroxyl groups excluding tert-OH is 1. The molecular formula is C9H15N4O7P. The van der Waals surface area contributed by atoms with Gasteiger partial charge in [-0.25, -0.2) is 9.55 Å². The summed E-state index contributed by atoms with van der Waals surface area (Å²) in [6.45, 7) is -0.487. The lowest BCUT2D eigenvalue weighted by Crippen LogP contribution is -2.26. The summed E-state index contributed by atoms with van der Waals surface area (Å²) in [5, 5.41) is 9.80. The third-order valence-corrected chi connectivity index (χ3v) is 3.47. The van der Waals surface area contributed by atoms with E-state index < -0.39 is 38.8 Å². The van der Waals surface area contributed by atoms with Gasteiger partial charge in [-0.3, -0.25) is 13.9 Å². The van der Waals surface area contributed by atoms with Crippen LogP contribution in [0.25, 0.3) is 0 Å². The van der Waals surface area contributed by atoms with Crippen molar-refractivity contribution in [3.63, 3.8) is 0 Å². The van der Waals surface area contributed by atoms with Gasteiger partial charge in [-0.15, -0.1) is 0 Å². The fourth-order valence-corrected chi connectivity index (χ4v) is 2.34. The maximum absolute atomic E-state index is 11.1. The summed E-state index contributed by atoms with van der Waals surface area (Å²) in [6, 6.07) is 0. The minimum Gasteiger partial charge on any atom is -0.390 e. The second-order valence-electron chi connectivity index (χ2n) is 4.47. The molecule has 7 N–H and O–H groups in total. The number of nitrogens with zero attached hydrogens (tertiary/aromatic N) is 2. The number of rotatable bonds is 5. The monoisotopic (exact) mass is 322 g/mol. The molecule has 118 valence electrons. The average molecular weight is 322 g/mol. The second kappa shape index (κ2) is 5.72. The Kier molecular flexibility index (Phi) is 4.33. The lowest BCUT2D eigenvalue weighted by Gasteiger charge is -2.16. The molecule has 1 amide bonds. The first-order valence-electron chi connectivity index (χ1n) is 5.84. The number of amides is 1. The maximum Gasteiger partial charge on any atom is 0.469 e. The Morgan fingerprint density at radius 3 is 2.81 bits per heavy atom. The Morgan fingerprint density at radius 1 is 1.62 bits per heavy atom. The van der Waals surface area contributed by atoms with Gasteiger partial charge in [0.2, 0.25) is 0 Å². The van der Waals surface area contributed by atoms with Gasteiger partial charge in [0.15, 0.2) is 5.69 Å². The molecule has 2 rings (SSSR count). The van der Waals surface area contributed by atoms with Crippen molar-refractivity contribution >= 4 is 19.5 Å². The summed E-state index contributed by atoms with van der Waals surface area (Å²) in [6.07, 6.45) is -1.37. The molecule has 0 unspecified atom stereocenters. The largest absolute Gasteiger partial charge is 0.469 e. The van der Waals surface area contributed by atoms with Gasteiger partial charge in [-0.1, -0.05) is 0 Å². The van der Waals surface area contributed by atoms with Crippen LogP contribution in [-0.2, 0) is 13.8 Å². The van der Waals surface area contributed by atoms with E-state index in [1.54, 1.807) is 0 Å². The summed E-state index contributed by atoms with van der Waals surface area (Å²) in [7, 11) is -4.65. The number of nitrogens with two attached hydrogens (primary N) is 2. The van der Waals surface area contributed by atoms with E-state index >= 15 is 0 Å². The predicted octanol–water partition coefficient (Wildman–Crippen LogP) is -1.68. The van der Waals surface area contributed by atoms with Crippen LogP contribution in [-0.4, -0.2) is 49.2 Å². The third kappa shape index (κ3) is 3.59. The van der Waals surface area contributed by atoms with E-state index in [4.69, 9.17) is 26.0 Å². The lowest BCUT2D eigenvalue weighted by atomic mass is 10.2. The van der Waals surface area contributed by atoms with Gasteiger partial charge < -0.3 is 31.1 Å². The zero-order valence-electron chi connectivity index (χ0n) is 10.7. The minimum atomic E-state index is -4.65. The van der Waals surface area contributed by atoms with Crippen LogP contribution >= 0.6 is 7.82 Å². The molecule has 1 aromatic rings. The minimum absolute atomic E-state index is 0.0174. The van der Waals surface area contributed by atoms with E-state index in [0.717, 1.165) is 0 Å². The van der Waals surface area contributed by atoms with Gasteiger partial charge in [0.25, 0.3) is 5.91 Å². The van der Waals surface area contributed by atoms with Gasteiger partial charge in [0.05, 0.1) is 19.0 Å². The molecule has 1 aliphatic rings. The number of aliphatic hydroxyl groups is 1. The standard InChI is InChI=1S/C9H15N4O7P/c10-8-7(9(11)15)12-3-13(8)6-1-4(14)5(20-6)2-19-21(16,17)18/h3-6,14H,1-2,10H2,(H2,11,15)(H2,16,17,18)/t4-,5-,6-/m1/s1. The SMILES string of the molecule is NC(=O)c1ncn([C@H]2C[C@@H](O)[C@@H](COP(=O)(O)O)O2)c1N. The normalized spacial score (nSPS) is 26.1. The highest BCUT2D eigenvalue weighted by atomic mass is 31.2. The van der Waals surface area contributed by atoms with Crippen LogP contribution in [0.5, 0.6) is 0 Å². The Hall–Kier alpha value is -1.49. The molecule has 1 saturated heterocycles. The van der Waals surface area contributed by atoms with Crippen LogP contribution in [0.1, 0.15) is 23.1 Å². The summed E-state index contributed by atoms with van der Waals surface area (Å²) >= 11 is 0. The van der Waals surface area contributed by atoms with Gasteiger partial charge in [-0.2, -0.15) is 0 Å². The zero-order valence-corrected chi connectivity index (χ0v) is 11.6. The van der Waals surface area contributed by atoms with Crippen molar-refractivity contribution in [2.24, 2.45) is 5.73 Å². The highest BCUT2D eigenvalue weighted by Crippen LogP contribution is 2.38. The van der Waals surface area contributed by atoms with Crippen LogP contribution in [0, 0.1) is 0 Å². The molecule has 3 atom stereocenters. The number of imidazole rings is 1. The van der Waals surface area contributed by atoms with E-state index in [-0.39, 0.29) is 17.9 Å². The number of nitrogen functional groups attached to an aromatic ring is 1. The number of ether oxygens (including phenoxy) is 1. The molecule has 1 fully saturated rings. The van der Waals surface area contributed by atoms with E-state index in [0.29, 0.717) is 0 Å². The van der Waals surface area contributed by atoms with Crippen molar-refractivity contribution < 1.29 is 33.5 Å². The number of phosphoric ester groups is 1. The molecule has 0 bridgehead atoms. The molecule has 0 saturated carbocycles. The quantitative estimate of drug-likeness (QED) is 0.395. The first-order chi connectivity index (χ1) is 9.69. The number of carbonyl (C=O) groups excluding carboxylic acids is 1. The van der Waals surface area contributed by atoms with Crippen molar-refractivity contribution in [3.05, 3.63) is 12.0 Å². The number of phosphoric acid groups is 1. The molecule has 0 aliphatic carbocycles. The number of anilines is 1. The molecule has 1 aliphatic heterocycles. The average Bonchev–Trinajstić information content (AvgIpc) is 2.89. The summed E-state index contributed by atoms with van der Waals surface area (Å²) in [4.78, 5) is 32.0. The van der Waals surface area contributed by atoms with Gasteiger partial charge in [-0.05, 0) is 0 Å².